The highest BCUT2D eigenvalue weighted by atomic mass is 32.1. The van der Waals surface area contributed by atoms with E-state index in [4.69, 9.17) is 0 Å². The van der Waals surface area contributed by atoms with Gasteiger partial charge in [0.1, 0.15) is 5.01 Å². The number of amides is 2. The fourth-order valence-corrected chi connectivity index (χ4v) is 4.64. The lowest BCUT2D eigenvalue weighted by Gasteiger charge is -2.37. The van der Waals surface area contributed by atoms with E-state index in [2.05, 4.69) is 16.9 Å². The van der Waals surface area contributed by atoms with Gasteiger partial charge in [0.05, 0.1) is 22.2 Å². The average Bonchev–Trinajstić information content (AvgIpc) is 3.18. The molecular formula is C23H23N3O3S. The van der Waals surface area contributed by atoms with E-state index >= 15 is 0 Å². The number of nitrogens with zero attached hydrogens (tertiary/aromatic N) is 2. The number of aromatic nitrogens is 1. The van der Waals surface area contributed by atoms with Gasteiger partial charge in [-0.05, 0) is 43.2 Å². The number of anilines is 1. The first-order chi connectivity index (χ1) is 14.5. The van der Waals surface area contributed by atoms with Crippen LogP contribution >= 0.6 is 11.3 Å². The number of para-hydroxylation sites is 1. The first-order valence-corrected chi connectivity index (χ1v) is 10.7. The monoisotopic (exact) mass is 421 g/mol. The van der Waals surface area contributed by atoms with Crippen LogP contribution in [-0.4, -0.2) is 45.5 Å². The zero-order valence-corrected chi connectivity index (χ0v) is 17.3. The number of hydrogen-bond donors (Lipinski definition) is 2. The molecule has 2 heterocycles. The molecule has 3 aromatic rings. The van der Waals surface area contributed by atoms with Crippen molar-refractivity contribution < 1.29 is 14.7 Å². The lowest BCUT2D eigenvalue weighted by atomic mass is 9.88. The Labute approximate surface area is 178 Å². The van der Waals surface area contributed by atoms with E-state index in [9.17, 15) is 14.7 Å². The molecule has 2 N–H and O–H groups in total. The molecule has 2 amide bonds. The van der Waals surface area contributed by atoms with Crippen molar-refractivity contribution in [2.24, 2.45) is 0 Å². The summed E-state index contributed by atoms with van der Waals surface area (Å²) in [7, 11) is 0. The number of thiazole rings is 1. The van der Waals surface area contributed by atoms with Crippen LogP contribution in [-0.2, 0) is 9.59 Å². The fourth-order valence-electron chi connectivity index (χ4n) is 3.68. The summed E-state index contributed by atoms with van der Waals surface area (Å²) in [4.78, 5) is 30.6. The van der Waals surface area contributed by atoms with Crippen molar-refractivity contribution in [1.29, 1.82) is 0 Å². The Morgan fingerprint density at radius 1 is 1.20 bits per heavy atom. The Hall–Kier alpha value is -3.03. The zero-order valence-electron chi connectivity index (χ0n) is 16.5. The Morgan fingerprint density at radius 3 is 2.70 bits per heavy atom. The molecule has 1 fully saturated rings. The van der Waals surface area contributed by atoms with Crippen LogP contribution in [0, 0.1) is 0 Å². The number of hydrogen-bond acceptors (Lipinski definition) is 5. The van der Waals surface area contributed by atoms with Crippen molar-refractivity contribution in [2.45, 2.75) is 24.9 Å². The van der Waals surface area contributed by atoms with Crippen molar-refractivity contribution in [3.63, 3.8) is 0 Å². The van der Waals surface area contributed by atoms with Crippen LogP contribution in [0.3, 0.4) is 0 Å². The molecule has 0 spiro atoms. The van der Waals surface area contributed by atoms with Gasteiger partial charge in [0, 0.05) is 24.3 Å². The zero-order chi connectivity index (χ0) is 21.1. The third-order valence-corrected chi connectivity index (χ3v) is 6.44. The van der Waals surface area contributed by atoms with Gasteiger partial charge in [0.25, 0.3) is 0 Å². The first kappa shape index (κ1) is 20.3. The minimum atomic E-state index is -1.10. The molecule has 30 heavy (non-hydrogen) atoms. The molecule has 0 aliphatic carbocycles. The minimum Gasteiger partial charge on any atom is -0.389 e. The Balaban J connectivity index is 1.41. The molecule has 154 valence electrons. The minimum absolute atomic E-state index is 0.00547. The number of piperidine rings is 1. The summed E-state index contributed by atoms with van der Waals surface area (Å²) >= 11 is 1.61. The highest BCUT2D eigenvalue weighted by Crippen LogP contribution is 2.31. The third kappa shape index (κ3) is 4.42. The van der Waals surface area contributed by atoms with E-state index in [-0.39, 0.29) is 18.2 Å². The predicted molar refractivity (Wildman–Crippen MR) is 119 cm³/mol. The molecule has 0 radical (unpaired) electrons. The van der Waals surface area contributed by atoms with E-state index in [1.165, 1.54) is 6.08 Å². The van der Waals surface area contributed by atoms with Gasteiger partial charge in [-0.25, -0.2) is 4.98 Å². The second-order valence-corrected chi connectivity index (χ2v) is 8.58. The summed E-state index contributed by atoms with van der Waals surface area (Å²) in [5.74, 6) is -0.393. The maximum Gasteiger partial charge on any atom is 0.245 e. The van der Waals surface area contributed by atoms with E-state index in [0.717, 1.165) is 20.8 Å². The van der Waals surface area contributed by atoms with Crippen molar-refractivity contribution in [3.05, 3.63) is 61.2 Å². The molecule has 0 saturated carbocycles. The quantitative estimate of drug-likeness (QED) is 0.614. The van der Waals surface area contributed by atoms with Gasteiger partial charge in [-0.2, -0.15) is 0 Å². The summed E-state index contributed by atoms with van der Waals surface area (Å²) in [6.07, 6.45) is 2.00. The number of fused-ring (bicyclic) bond motifs is 1. The molecule has 4 rings (SSSR count). The van der Waals surface area contributed by atoms with Crippen LogP contribution in [0.4, 0.5) is 5.69 Å². The molecule has 7 heteroatoms. The molecule has 6 nitrogen and oxygen atoms in total. The number of likely N-dealkylation sites (tertiary alicyclic amines) is 1. The number of nitrogens with one attached hydrogen (secondary N) is 1. The van der Waals surface area contributed by atoms with Gasteiger partial charge in [-0.1, -0.05) is 30.8 Å². The van der Waals surface area contributed by atoms with Crippen LogP contribution in [0.25, 0.3) is 20.8 Å². The highest BCUT2D eigenvalue weighted by molar-refractivity contribution is 7.21. The normalized spacial score (nSPS) is 15.7. The molecule has 1 saturated heterocycles. The Bertz CT molecular complexity index is 1070. The maximum absolute atomic E-state index is 12.6. The van der Waals surface area contributed by atoms with Gasteiger partial charge < -0.3 is 15.3 Å². The van der Waals surface area contributed by atoms with Crippen molar-refractivity contribution in [1.82, 2.24) is 9.88 Å². The molecule has 2 aromatic carbocycles. The number of carbonyl (C=O) groups is 2. The Kier molecular flexibility index (Phi) is 5.65. The molecule has 1 aliphatic heterocycles. The number of carbonyl (C=O) groups excluding carboxylic acids is 2. The van der Waals surface area contributed by atoms with Crippen molar-refractivity contribution >= 4 is 39.1 Å². The van der Waals surface area contributed by atoms with Crippen LogP contribution in [0.2, 0.25) is 0 Å². The van der Waals surface area contributed by atoms with E-state index in [0.29, 0.717) is 31.6 Å². The van der Waals surface area contributed by atoms with Crippen LogP contribution in [0.1, 0.15) is 19.3 Å². The van der Waals surface area contributed by atoms with E-state index < -0.39 is 5.60 Å². The summed E-state index contributed by atoms with van der Waals surface area (Å²) in [6.45, 7) is 4.32. The fraction of sp³-hybridized carbons (Fsp3) is 0.261. The van der Waals surface area contributed by atoms with Gasteiger partial charge >= 0.3 is 0 Å². The smallest absolute Gasteiger partial charge is 0.245 e. The number of benzene rings is 2. The standard InChI is InChI=1S/C23H23N3O3S/c1-2-21(28)26-12-10-23(29,11-13-26)15-20(27)24-17-7-5-6-16(14-17)22-25-18-8-3-4-9-19(18)30-22/h2-9,14,29H,1,10-13,15H2,(H,24,27). The lowest BCUT2D eigenvalue weighted by molar-refractivity contribution is -0.132. The SMILES string of the molecule is C=CC(=O)N1CCC(O)(CC(=O)Nc2cccc(-c3nc4ccccc4s3)c2)CC1. The molecule has 0 bridgehead atoms. The third-order valence-electron chi connectivity index (χ3n) is 5.36. The van der Waals surface area contributed by atoms with Crippen LogP contribution < -0.4 is 5.32 Å². The largest absolute Gasteiger partial charge is 0.389 e. The summed E-state index contributed by atoms with van der Waals surface area (Å²) < 4.78 is 1.12. The van der Waals surface area contributed by atoms with Gasteiger partial charge in [-0.3, -0.25) is 9.59 Å². The lowest BCUT2D eigenvalue weighted by Crippen LogP contribution is -2.47. The van der Waals surface area contributed by atoms with Crippen molar-refractivity contribution in [3.8, 4) is 10.6 Å². The summed E-state index contributed by atoms with van der Waals surface area (Å²) in [5, 5.41) is 14.6. The maximum atomic E-state index is 12.6. The van der Waals surface area contributed by atoms with Crippen LogP contribution in [0.5, 0.6) is 0 Å². The first-order valence-electron chi connectivity index (χ1n) is 9.85. The van der Waals surface area contributed by atoms with Gasteiger partial charge in [0.2, 0.25) is 11.8 Å². The summed E-state index contributed by atoms with van der Waals surface area (Å²) in [5.41, 5.74) is 1.45. The predicted octanol–water partition coefficient (Wildman–Crippen LogP) is 3.83. The summed E-state index contributed by atoms with van der Waals surface area (Å²) in [6, 6.07) is 15.5. The van der Waals surface area contributed by atoms with Crippen molar-refractivity contribution in [2.75, 3.05) is 18.4 Å². The Morgan fingerprint density at radius 2 is 1.97 bits per heavy atom. The average molecular weight is 422 g/mol. The topological polar surface area (TPSA) is 82.5 Å². The molecule has 0 unspecified atom stereocenters. The van der Waals surface area contributed by atoms with E-state index in [1.807, 2.05) is 48.5 Å². The molecule has 1 aliphatic rings. The molecule has 0 atom stereocenters. The second-order valence-electron chi connectivity index (χ2n) is 7.55. The highest BCUT2D eigenvalue weighted by Gasteiger charge is 2.35. The number of aliphatic hydroxyl groups is 1. The van der Waals surface area contributed by atoms with Gasteiger partial charge in [-0.15, -0.1) is 11.3 Å². The second kappa shape index (κ2) is 8.38. The molecule has 1 aromatic heterocycles. The van der Waals surface area contributed by atoms with E-state index in [1.54, 1.807) is 16.2 Å². The number of rotatable bonds is 5. The van der Waals surface area contributed by atoms with Gasteiger partial charge in [0.15, 0.2) is 0 Å². The molecular weight excluding hydrogens is 398 g/mol. The van der Waals surface area contributed by atoms with Crippen LogP contribution in [0.15, 0.2) is 61.2 Å².